The van der Waals surface area contributed by atoms with Gasteiger partial charge in [-0.15, -0.1) is 11.3 Å². The largest absolute Gasteiger partial charge is 0.496 e. The summed E-state index contributed by atoms with van der Waals surface area (Å²) in [7, 11) is 1.50. The van der Waals surface area contributed by atoms with Crippen LogP contribution >= 0.6 is 11.3 Å². The van der Waals surface area contributed by atoms with Gasteiger partial charge in [0.05, 0.1) is 18.0 Å². The average molecular weight is 284 g/mol. The molecule has 19 heavy (non-hydrogen) atoms. The molecular weight excluding hydrogens is 270 g/mol. The Morgan fingerprint density at radius 3 is 2.68 bits per heavy atom. The number of nitrogens with one attached hydrogen (secondary N) is 1. The highest BCUT2D eigenvalue weighted by molar-refractivity contribution is 7.10. The van der Waals surface area contributed by atoms with Crippen LogP contribution in [0.1, 0.15) is 22.0 Å². The molecule has 0 bridgehead atoms. The van der Waals surface area contributed by atoms with E-state index in [1.165, 1.54) is 30.6 Å². The van der Waals surface area contributed by atoms with Crippen molar-refractivity contribution >= 4 is 11.3 Å². The van der Waals surface area contributed by atoms with Crippen molar-refractivity contribution < 1.29 is 13.5 Å². The lowest BCUT2D eigenvalue weighted by atomic mass is 10.0. The monoisotopic (exact) mass is 284 g/mol. The second-order valence-electron chi connectivity index (χ2n) is 4.04. The normalized spacial score (nSPS) is 12.5. The summed E-state index contributed by atoms with van der Waals surface area (Å²) >= 11 is 1.32. The van der Waals surface area contributed by atoms with Gasteiger partial charge in [0.25, 0.3) is 0 Å². The van der Waals surface area contributed by atoms with Gasteiger partial charge in [-0.3, -0.25) is 5.84 Å². The van der Waals surface area contributed by atoms with Crippen LogP contribution in [0.3, 0.4) is 0 Å². The first-order valence-corrected chi connectivity index (χ1v) is 6.50. The third kappa shape index (κ3) is 2.47. The fourth-order valence-corrected chi connectivity index (χ4v) is 2.85. The summed E-state index contributed by atoms with van der Waals surface area (Å²) in [6, 6.07) is 3.58. The number of hydrogen-bond donors (Lipinski definition) is 2. The van der Waals surface area contributed by atoms with Gasteiger partial charge in [-0.05, 0) is 30.0 Å². The second-order valence-corrected chi connectivity index (χ2v) is 4.99. The van der Waals surface area contributed by atoms with Crippen LogP contribution in [0.4, 0.5) is 8.78 Å². The average Bonchev–Trinajstić information content (AvgIpc) is 2.87. The molecule has 6 heteroatoms. The molecular formula is C13H14F2N2OS. The summed E-state index contributed by atoms with van der Waals surface area (Å²) in [5, 5.41) is 1.78. The van der Waals surface area contributed by atoms with Crippen molar-refractivity contribution in [3.8, 4) is 5.75 Å². The molecule has 3 N–H and O–H groups in total. The number of methoxy groups -OCH3 is 1. The maximum Gasteiger partial charge on any atom is 0.134 e. The van der Waals surface area contributed by atoms with E-state index in [9.17, 15) is 8.78 Å². The lowest BCUT2D eigenvalue weighted by Crippen LogP contribution is -2.30. The molecule has 0 saturated carbocycles. The van der Waals surface area contributed by atoms with Crippen LogP contribution in [-0.2, 0) is 0 Å². The maximum absolute atomic E-state index is 14.2. The second kappa shape index (κ2) is 5.64. The number of aryl methyl sites for hydroxylation is 1. The zero-order chi connectivity index (χ0) is 14.0. The molecule has 0 spiro atoms. The molecule has 0 amide bonds. The number of hydrazine groups is 1. The van der Waals surface area contributed by atoms with Crippen LogP contribution in [0.5, 0.6) is 5.75 Å². The van der Waals surface area contributed by atoms with Gasteiger partial charge in [-0.2, -0.15) is 0 Å². The van der Waals surface area contributed by atoms with E-state index in [1.54, 1.807) is 18.4 Å². The molecule has 102 valence electrons. The van der Waals surface area contributed by atoms with E-state index in [-0.39, 0.29) is 5.56 Å². The van der Waals surface area contributed by atoms with E-state index in [1.807, 2.05) is 0 Å². The number of hydrogen-bond acceptors (Lipinski definition) is 4. The summed E-state index contributed by atoms with van der Waals surface area (Å²) < 4.78 is 33.2. The van der Waals surface area contributed by atoms with Crippen molar-refractivity contribution in [1.29, 1.82) is 0 Å². The number of rotatable bonds is 4. The number of benzene rings is 1. The highest BCUT2D eigenvalue weighted by Crippen LogP contribution is 2.36. The Labute approximate surface area is 114 Å². The van der Waals surface area contributed by atoms with E-state index in [4.69, 9.17) is 10.6 Å². The fraction of sp³-hybridized carbons (Fsp3) is 0.231. The molecule has 0 aliphatic carbocycles. The predicted molar refractivity (Wildman–Crippen MR) is 71.1 cm³/mol. The van der Waals surface area contributed by atoms with Crippen LogP contribution in [0.15, 0.2) is 23.6 Å². The molecule has 0 radical (unpaired) electrons. The highest BCUT2D eigenvalue weighted by Gasteiger charge is 2.25. The Hall–Kier alpha value is -1.50. The Balaban J connectivity index is 2.58. The molecule has 2 aromatic rings. The summed E-state index contributed by atoms with van der Waals surface area (Å²) in [5.74, 6) is 4.79. The fourth-order valence-electron chi connectivity index (χ4n) is 1.92. The van der Waals surface area contributed by atoms with Gasteiger partial charge in [-0.25, -0.2) is 14.2 Å². The van der Waals surface area contributed by atoms with Crippen molar-refractivity contribution in [1.82, 2.24) is 5.43 Å². The van der Waals surface area contributed by atoms with Gasteiger partial charge in [-0.1, -0.05) is 6.07 Å². The molecule has 0 saturated heterocycles. The third-order valence-corrected chi connectivity index (χ3v) is 3.88. The molecule has 1 atom stereocenters. The molecule has 1 unspecified atom stereocenters. The maximum atomic E-state index is 14.2. The van der Waals surface area contributed by atoms with Gasteiger partial charge in [0.15, 0.2) is 0 Å². The van der Waals surface area contributed by atoms with Crippen molar-refractivity contribution in [3.05, 3.63) is 51.2 Å². The first-order valence-electron chi connectivity index (χ1n) is 5.62. The Morgan fingerprint density at radius 2 is 2.05 bits per heavy atom. The molecule has 2 rings (SSSR count). The Morgan fingerprint density at radius 1 is 1.32 bits per heavy atom. The molecule has 1 aromatic carbocycles. The van der Waals surface area contributed by atoms with Crippen molar-refractivity contribution in [2.75, 3.05) is 7.11 Å². The minimum Gasteiger partial charge on any atom is -0.496 e. The van der Waals surface area contributed by atoms with E-state index < -0.39 is 17.7 Å². The Bertz CT molecular complexity index is 586. The third-order valence-electron chi connectivity index (χ3n) is 2.91. The van der Waals surface area contributed by atoms with Gasteiger partial charge >= 0.3 is 0 Å². The minimum absolute atomic E-state index is 0.0942. The van der Waals surface area contributed by atoms with Crippen LogP contribution in [0.2, 0.25) is 0 Å². The standard InChI is InChI=1S/C13H14F2N2OS/c1-7-3-4-8(14)10(11(7)15)12(17-16)13-9(18-2)5-6-19-13/h3-6,12,17H,16H2,1-2H3. The lowest BCUT2D eigenvalue weighted by molar-refractivity contribution is 0.405. The summed E-state index contributed by atoms with van der Waals surface area (Å²) in [4.78, 5) is 0.633. The molecule has 1 heterocycles. The highest BCUT2D eigenvalue weighted by atomic mass is 32.1. The van der Waals surface area contributed by atoms with Gasteiger partial charge < -0.3 is 4.74 Å². The van der Waals surface area contributed by atoms with Crippen molar-refractivity contribution in [2.45, 2.75) is 13.0 Å². The van der Waals surface area contributed by atoms with Gasteiger partial charge in [0.1, 0.15) is 17.4 Å². The first-order chi connectivity index (χ1) is 9.10. The molecule has 0 fully saturated rings. The lowest BCUT2D eigenvalue weighted by Gasteiger charge is -2.18. The molecule has 0 aliphatic rings. The zero-order valence-electron chi connectivity index (χ0n) is 10.5. The van der Waals surface area contributed by atoms with Crippen LogP contribution in [0, 0.1) is 18.6 Å². The van der Waals surface area contributed by atoms with Crippen molar-refractivity contribution in [2.24, 2.45) is 5.84 Å². The predicted octanol–water partition coefficient (Wildman–Crippen LogP) is 2.90. The van der Waals surface area contributed by atoms with Crippen LogP contribution < -0.4 is 16.0 Å². The van der Waals surface area contributed by atoms with Gasteiger partial charge in [0.2, 0.25) is 0 Å². The zero-order valence-corrected chi connectivity index (χ0v) is 11.4. The number of thiophene rings is 1. The van der Waals surface area contributed by atoms with Crippen molar-refractivity contribution in [3.63, 3.8) is 0 Å². The molecule has 1 aromatic heterocycles. The number of halogens is 2. The smallest absolute Gasteiger partial charge is 0.134 e. The quantitative estimate of drug-likeness (QED) is 0.670. The molecule has 3 nitrogen and oxygen atoms in total. The number of ether oxygens (including phenoxy) is 1. The van der Waals surface area contributed by atoms with Crippen LogP contribution in [-0.4, -0.2) is 7.11 Å². The summed E-state index contributed by atoms with van der Waals surface area (Å²) in [5.41, 5.74) is 2.73. The summed E-state index contributed by atoms with van der Waals surface area (Å²) in [6.07, 6.45) is 0. The summed E-state index contributed by atoms with van der Waals surface area (Å²) in [6.45, 7) is 1.58. The first kappa shape index (κ1) is 13.9. The number of nitrogens with two attached hydrogens (primary N) is 1. The molecule has 0 aliphatic heterocycles. The SMILES string of the molecule is COc1ccsc1C(NN)c1c(F)ccc(C)c1F. The minimum atomic E-state index is -0.783. The Kier molecular flexibility index (Phi) is 4.14. The topological polar surface area (TPSA) is 47.3 Å². The van der Waals surface area contributed by atoms with E-state index in [2.05, 4.69) is 5.43 Å². The van der Waals surface area contributed by atoms with E-state index in [0.717, 1.165) is 0 Å². The van der Waals surface area contributed by atoms with Gasteiger partial charge in [0, 0.05) is 5.56 Å². The van der Waals surface area contributed by atoms with E-state index >= 15 is 0 Å². The van der Waals surface area contributed by atoms with Crippen LogP contribution in [0.25, 0.3) is 0 Å². The van der Waals surface area contributed by atoms with E-state index in [0.29, 0.717) is 16.2 Å².